The van der Waals surface area contributed by atoms with Gasteiger partial charge in [0.2, 0.25) is 0 Å². The normalized spacial score (nSPS) is 11.0. The number of H-pyrrole nitrogens is 1. The van der Waals surface area contributed by atoms with Gasteiger partial charge in [-0.05, 0) is 36.2 Å². The summed E-state index contributed by atoms with van der Waals surface area (Å²) in [6.07, 6.45) is 0. The molecule has 0 saturated carbocycles. The lowest BCUT2D eigenvalue weighted by molar-refractivity contribution is 0.626. The maximum Gasteiger partial charge on any atom is 0.127 e. The minimum atomic E-state index is -0.245. The number of hydrogen-bond acceptors (Lipinski definition) is 1. The lowest BCUT2D eigenvalue weighted by Crippen LogP contribution is -1.98. The van der Waals surface area contributed by atoms with E-state index in [0.29, 0.717) is 10.6 Å². The third-order valence-electron chi connectivity index (χ3n) is 2.45. The van der Waals surface area contributed by atoms with E-state index in [9.17, 15) is 4.39 Å². The van der Waals surface area contributed by atoms with Gasteiger partial charge >= 0.3 is 0 Å². The fourth-order valence-electron chi connectivity index (χ4n) is 1.49. The third-order valence-corrected chi connectivity index (χ3v) is 2.75. The Kier molecular flexibility index (Phi) is 2.92. The average Bonchev–Trinajstić information content (AvgIpc) is 2.62. The monoisotopic (exact) mass is 236 g/mol. The van der Waals surface area contributed by atoms with Crippen LogP contribution in [-0.4, -0.2) is 9.78 Å². The molecule has 2 nitrogen and oxygen atoms in total. The zero-order valence-corrected chi connectivity index (χ0v) is 10.0. The smallest absolute Gasteiger partial charge is 0.127 e. The number of rotatable bonds is 2. The SMILES string of the molecule is CC(C)c1cc(=S)n(-c2ccc(F)cc2)[nH]1. The molecule has 0 spiro atoms. The lowest BCUT2D eigenvalue weighted by Gasteiger charge is -2.04. The van der Waals surface area contributed by atoms with Crippen molar-refractivity contribution in [2.45, 2.75) is 19.8 Å². The molecule has 1 aromatic heterocycles. The van der Waals surface area contributed by atoms with Crippen molar-refractivity contribution in [1.82, 2.24) is 9.78 Å². The minimum Gasteiger partial charge on any atom is -0.297 e. The van der Waals surface area contributed by atoms with Crippen molar-refractivity contribution in [3.8, 4) is 5.69 Å². The highest BCUT2D eigenvalue weighted by Crippen LogP contribution is 2.15. The van der Waals surface area contributed by atoms with Crippen LogP contribution in [0.5, 0.6) is 0 Å². The predicted molar refractivity (Wildman–Crippen MR) is 65.0 cm³/mol. The summed E-state index contributed by atoms with van der Waals surface area (Å²) in [6.45, 7) is 4.19. The second kappa shape index (κ2) is 4.22. The number of benzene rings is 1. The van der Waals surface area contributed by atoms with Gasteiger partial charge in [-0.15, -0.1) is 0 Å². The molecular formula is C12H13FN2S. The second-order valence-corrected chi connectivity index (χ2v) is 4.43. The molecule has 0 aliphatic carbocycles. The van der Waals surface area contributed by atoms with Crippen molar-refractivity contribution in [1.29, 1.82) is 0 Å². The first-order chi connectivity index (χ1) is 7.58. The van der Waals surface area contributed by atoms with E-state index in [0.717, 1.165) is 11.4 Å². The Bertz CT molecular complexity index is 537. The standard InChI is InChI=1S/C12H13FN2S/c1-8(2)11-7-12(16)15(14-11)10-5-3-9(13)4-6-10/h3-8,14H,1-2H3. The second-order valence-electron chi connectivity index (χ2n) is 4.02. The molecule has 0 atom stereocenters. The summed E-state index contributed by atoms with van der Waals surface area (Å²) in [6, 6.07) is 8.18. The van der Waals surface area contributed by atoms with Crippen LogP contribution in [0.1, 0.15) is 25.5 Å². The highest BCUT2D eigenvalue weighted by Gasteiger charge is 2.05. The number of aromatic amines is 1. The van der Waals surface area contributed by atoms with Gasteiger partial charge in [0.1, 0.15) is 10.5 Å². The molecule has 0 radical (unpaired) electrons. The maximum absolute atomic E-state index is 12.8. The summed E-state index contributed by atoms with van der Waals surface area (Å²) in [5.41, 5.74) is 1.92. The molecule has 0 unspecified atom stereocenters. The largest absolute Gasteiger partial charge is 0.297 e. The van der Waals surface area contributed by atoms with E-state index in [4.69, 9.17) is 12.2 Å². The Morgan fingerprint density at radius 1 is 1.25 bits per heavy atom. The van der Waals surface area contributed by atoms with Gasteiger partial charge in [-0.1, -0.05) is 26.1 Å². The van der Waals surface area contributed by atoms with Gasteiger partial charge in [0.15, 0.2) is 0 Å². The van der Waals surface area contributed by atoms with Gasteiger partial charge in [-0.25, -0.2) is 9.07 Å². The molecule has 0 bridgehead atoms. The van der Waals surface area contributed by atoms with Crippen LogP contribution in [0.25, 0.3) is 5.69 Å². The summed E-state index contributed by atoms with van der Waals surface area (Å²) in [5.74, 6) is 0.148. The molecule has 4 heteroatoms. The van der Waals surface area contributed by atoms with Crippen LogP contribution >= 0.6 is 12.2 Å². The number of hydrogen-bond donors (Lipinski definition) is 1. The zero-order chi connectivity index (χ0) is 11.7. The quantitative estimate of drug-likeness (QED) is 0.787. The Balaban J connectivity index is 2.48. The maximum atomic E-state index is 12.8. The van der Waals surface area contributed by atoms with E-state index in [2.05, 4.69) is 18.9 Å². The third kappa shape index (κ3) is 2.07. The average molecular weight is 236 g/mol. The van der Waals surface area contributed by atoms with E-state index in [-0.39, 0.29) is 5.82 Å². The highest BCUT2D eigenvalue weighted by molar-refractivity contribution is 7.71. The lowest BCUT2D eigenvalue weighted by atomic mass is 10.1. The molecule has 84 valence electrons. The van der Waals surface area contributed by atoms with E-state index >= 15 is 0 Å². The molecule has 2 aromatic rings. The van der Waals surface area contributed by atoms with Crippen LogP contribution in [0, 0.1) is 10.5 Å². The van der Waals surface area contributed by atoms with Crippen molar-refractivity contribution in [2.24, 2.45) is 0 Å². The van der Waals surface area contributed by atoms with Gasteiger partial charge in [0.05, 0.1) is 5.69 Å². The number of nitrogens with zero attached hydrogens (tertiary/aromatic N) is 1. The number of aromatic nitrogens is 2. The molecule has 1 aromatic carbocycles. The van der Waals surface area contributed by atoms with Crippen molar-refractivity contribution < 1.29 is 4.39 Å². The van der Waals surface area contributed by atoms with Crippen molar-refractivity contribution >= 4 is 12.2 Å². The molecule has 0 aliphatic heterocycles. The molecular weight excluding hydrogens is 223 g/mol. The Hall–Kier alpha value is -1.42. The Morgan fingerprint density at radius 2 is 1.88 bits per heavy atom. The van der Waals surface area contributed by atoms with Crippen molar-refractivity contribution in [3.05, 3.63) is 46.5 Å². The first-order valence-electron chi connectivity index (χ1n) is 5.16. The number of nitrogens with one attached hydrogen (secondary N) is 1. The fraction of sp³-hybridized carbons (Fsp3) is 0.250. The first kappa shape index (κ1) is 11.1. The highest BCUT2D eigenvalue weighted by atomic mass is 32.1. The van der Waals surface area contributed by atoms with Crippen LogP contribution < -0.4 is 0 Å². The molecule has 0 amide bonds. The zero-order valence-electron chi connectivity index (χ0n) is 9.20. The van der Waals surface area contributed by atoms with Crippen molar-refractivity contribution in [3.63, 3.8) is 0 Å². The Morgan fingerprint density at radius 3 is 2.38 bits per heavy atom. The summed E-state index contributed by atoms with van der Waals surface area (Å²) in [5, 5.41) is 3.21. The van der Waals surface area contributed by atoms with Crippen LogP contribution in [0.15, 0.2) is 30.3 Å². The fourth-order valence-corrected chi connectivity index (χ4v) is 1.77. The molecule has 0 fully saturated rings. The molecule has 1 heterocycles. The molecule has 0 saturated heterocycles. The van der Waals surface area contributed by atoms with E-state index in [1.807, 2.05) is 6.07 Å². The first-order valence-corrected chi connectivity index (χ1v) is 5.56. The summed E-state index contributed by atoms with van der Waals surface area (Å²) >= 11 is 5.24. The molecule has 16 heavy (non-hydrogen) atoms. The number of halogens is 1. The van der Waals surface area contributed by atoms with E-state index in [1.54, 1.807) is 16.8 Å². The topological polar surface area (TPSA) is 20.7 Å². The van der Waals surface area contributed by atoms with Crippen LogP contribution in [0.4, 0.5) is 4.39 Å². The van der Waals surface area contributed by atoms with Crippen molar-refractivity contribution in [2.75, 3.05) is 0 Å². The van der Waals surface area contributed by atoms with E-state index < -0.39 is 0 Å². The van der Waals surface area contributed by atoms with Crippen LogP contribution in [0.3, 0.4) is 0 Å². The Labute approximate surface area is 98.7 Å². The molecule has 2 rings (SSSR count). The van der Waals surface area contributed by atoms with Gasteiger partial charge in [-0.2, -0.15) is 0 Å². The van der Waals surface area contributed by atoms with Crippen LogP contribution in [-0.2, 0) is 0 Å². The predicted octanol–water partition coefficient (Wildman–Crippen LogP) is 3.80. The summed E-state index contributed by atoms with van der Waals surface area (Å²) in [7, 11) is 0. The van der Waals surface area contributed by atoms with E-state index in [1.165, 1.54) is 12.1 Å². The molecule has 0 aliphatic rings. The van der Waals surface area contributed by atoms with Crippen LogP contribution in [0.2, 0.25) is 0 Å². The summed E-state index contributed by atoms with van der Waals surface area (Å²) < 4.78 is 15.3. The van der Waals surface area contributed by atoms with Gasteiger partial charge < -0.3 is 0 Å². The van der Waals surface area contributed by atoms with Gasteiger partial charge in [0, 0.05) is 5.69 Å². The summed E-state index contributed by atoms with van der Waals surface area (Å²) in [4.78, 5) is 0. The molecule has 1 N–H and O–H groups in total. The van der Waals surface area contributed by atoms with Gasteiger partial charge in [0.25, 0.3) is 0 Å². The van der Waals surface area contributed by atoms with Gasteiger partial charge in [-0.3, -0.25) is 5.10 Å². The minimum absolute atomic E-state index is 0.245.